The summed E-state index contributed by atoms with van der Waals surface area (Å²) in [6, 6.07) is 1.27. The Morgan fingerprint density at radius 2 is 1.27 bits per heavy atom. The maximum absolute atomic E-state index is 14.2. The third-order valence-corrected chi connectivity index (χ3v) is 10.5. The molecule has 0 N–H and O–H groups in total. The van der Waals surface area contributed by atoms with Crippen LogP contribution in [0.3, 0.4) is 0 Å². The SMILES string of the molecule is CCCCC1CCC(C2CCC3CC(C4CCc5c(cc(F)c(F)c5F)C4)CCC3C2)CC1. The first-order chi connectivity index (χ1) is 16.0. The maximum Gasteiger partial charge on any atom is 0.194 e. The third-order valence-electron chi connectivity index (χ3n) is 10.5. The summed E-state index contributed by atoms with van der Waals surface area (Å²) in [7, 11) is 0. The van der Waals surface area contributed by atoms with Gasteiger partial charge >= 0.3 is 0 Å². The molecule has 5 rings (SSSR count). The fourth-order valence-electron chi connectivity index (χ4n) is 8.51. The van der Waals surface area contributed by atoms with Crippen molar-refractivity contribution in [1.29, 1.82) is 0 Å². The van der Waals surface area contributed by atoms with Gasteiger partial charge in [0, 0.05) is 0 Å². The maximum atomic E-state index is 14.2. The summed E-state index contributed by atoms with van der Waals surface area (Å²) in [6.07, 6.45) is 20.6. The van der Waals surface area contributed by atoms with E-state index in [0.717, 1.165) is 48.0 Å². The molecule has 0 aromatic heterocycles. The van der Waals surface area contributed by atoms with Crippen molar-refractivity contribution in [2.24, 2.45) is 41.4 Å². The quantitative estimate of drug-likeness (QED) is 0.384. The third kappa shape index (κ3) is 5.03. The van der Waals surface area contributed by atoms with Crippen LogP contribution in [0.4, 0.5) is 13.2 Å². The second-order valence-electron chi connectivity index (χ2n) is 12.2. The normalized spacial score (nSPS) is 36.8. The molecule has 5 atom stereocenters. The van der Waals surface area contributed by atoms with Gasteiger partial charge in [-0.25, -0.2) is 13.2 Å². The molecule has 33 heavy (non-hydrogen) atoms. The zero-order valence-electron chi connectivity index (χ0n) is 20.6. The van der Waals surface area contributed by atoms with Crippen molar-refractivity contribution in [2.75, 3.05) is 0 Å². The van der Waals surface area contributed by atoms with Crippen molar-refractivity contribution in [2.45, 2.75) is 110 Å². The van der Waals surface area contributed by atoms with Crippen LogP contribution in [0, 0.1) is 58.9 Å². The van der Waals surface area contributed by atoms with Crippen molar-refractivity contribution >= 4 is 0 Å². The zero-order chi connectivity index (χ0) is 22.9. The van der Waals surface area contributed by atoms with Crippen LogP contribution in [-0.2, 0) is 12.8 Å². The van der Waals surface area contributed by atoms with Gasteiger partial charge in [0.25, 0.3) is 0 Å². The molecule has 4 aliphatic rings. The van der Waals surface area contributed by atoms with Crippen LogP contribution in [0.25, 0.3) is 0 Å². The zero-order valence-corrected chi connectivity index (χ0v) is 20.6. The van der Waals surface area contributed by atoms with Crippen LogP contribution in [0.5, 0.6) is 0 Å². The highest BCUT2D eigenvalue weighted by atomic mass is 19.2. The Morgan fingerprint density at radius 3 is 1.91 bits per heavy atom. The predicted molar refractivity (Wildman–Crippen MR) is 128 cm³/mol. The van der Waals surface area contributed by atoms with Crippen molar-refractivity contribution in [3.63, 3.8) is 0 Å². The van der Waals surface area contributed by atoms with E-state index in [1.807, 2.05) is 0 Å². The molecule has 0 bridgehead atoms. The minimum atomic E-state index is -1.29. The highest BCUT2D eigenvalue weighted by molar-refractivity contribution is 5.33. The van der Waals surface area contributed by atoms with Gasteiger partial charge in [-0.15, -0.1) is 0 Å². The molecule has 0 nitrogen and oxygen atoms in total. The molecule has 5 unspecified atom stereocenters. The van der Waals surface area contributed by atoms with Gasteiger partial charge in [0.1, 0.15) is 0 Å². The fraction of sp³-hybridized carbons (Fsp3) is 0.800. The molecule has 3 heteroatoms. The molecule has 4 aliphatic carbocycles. The molecule has 184 valence electrons. The summed E-state index contributed by atoms with van der Waals surface area (Å²) in [5, 5.41) is 0. The average Bonchev–Trinajstić information content (AvgIpc) is 2.85. The Morgan fingerprint density at radius 1 is 0.697 bits per heavy atom. The Balaban J connectivity index is 1.13. The summed E-state index contributed by atoms with van der Waals surface area (Å²) in [5.41, 5.74) is 1.16. The average molecular weight is 461 g/mol. The number of halogens is 3. The molecular weight excluding hydrogens is 417 g/mol. The van der Waals surface area contributed by atoms with Crippen molar-refractivity contribution in [3.8, 4) is 0 Å². The summed E-state index contributed by atoms with van der Waals surface area (Å²) in [4.78, 5) is 0. The van der Waals surface area contributed by atoms with E-state index in [4.69, 9.17) is 0 Å². The molecule has 0 aliphatic heterocycles. The minimum Gasteiger partial charge on any atom is -0.204 e. The van der Waals surface area contributed by atoms with Gasteiger partial charge in [-0.2, -0.15) is 0 Å². The van der Waals surface area contributed by atoms with Gasteiger partial charge in [0.05, 0.1) is 0 Å². The van der Waals surface area contributed by atoms with E-state index in [-0.39, 0.29) is 0 Å². The van der Waals surface area contributed by atoms with Crippen LogP contribution < -0.4 is 0 Å². The highest BCUT2D eigenvalue weighted by Crippen LogP contribution is 2.51. The molecule has 0 heterocycles. The number of rotatable bonds is 5. The summed E-state index contributed by atoms with van der Waals surface area (Å²) >= 11 is 0. The van der Waals surface area contributed by atoms with Crippen LogP contribution in [0.2, 0.25) is 0 Å². The fourth-order valence-corrected chi connectivity index (χ4v) is 8.51. The molecule has 0 radical (unpaired) electrons. The number of hydrogen-bond acceptors (Lipinski definition) is 0. The number of unbranched alkanes of at least 4 members (excludes halogenated alkanes) is 1. The summed E-state index contributed by atoms with van der Waals surface area (Å²) < 4.78 is 41.6. The molecule has 0 spiro atoms. The molecule has 3 saturated carbocycles. The summed E-state index contributed by atoms with van der Waals surface area (Å²) in [5.74, 6) is 2.68. The van der Waals surface area contributed by atoms with E-state index in [1.165, 1.54) is 89.5 Å². The Kier molecular flexibility index (Phi) is 7.43. The van der Waals surface area contributed by atoms with Gasteiger partial charge in [-0.3, -0.25) is 0 Å². The first-order valence-electron chi connectivity index (χ1n) is 14.2. The molecule has 1 aromatic rings. The Labute approximate surface area is 199 Å². The van der Waals surface area contributed by atoms with Crippen LogP contribution in [0.1, 0.15) is 108 Å². The lowest BCUT2D eigenvalue weighted by molar-refractivity contribution is 0.0438. The molecule has 0 amide bonds. The molecule has 3 fully saturated rings. The molecule has 0 saturated heterocycles. The van der Waals surface area contributed by atoms with Crippen LogP contribution in [0.15, 0.2) is 6.07 Å². The first kappa shape index (κ1) is 23.7. The van der Waals surface area contributed by atoms with E-state index in [2.05, 4.69) is 6.92 Å². The van der Waals surface area contributed by atoms with Gasteiger partial charge in [0.15, 0.2) is 17.5 Å². The van der Waals surface area contributed by atoms with Gasteiger partial charge in [0.2, 0.25) is 0 Å². The van der Waals surface area contributed by atoms with Crippen molar-refractivity contribution in [3.05, 3.63) is 34.6 Å². The van der Waals surface area contributed by atoms with E-state index >= 15 is 0 Å². The number of fused-ring (bicyclic) bond motifs is 2. The Bertz CT molecular complexity index is 809. The van der Waals surface area contributed by atoms with E-state index in [9.17, 15) is 13.2 Å². The van der Waals surface area contributed by atoms with Crippen LogP contribution in [-0.4, -0.2) is 0 Å². The van der Waals surface area contributed by atoms with Gasteiger partial charge in [-0.05, 0) is 129 Å². The number of benzene rings is 1. The molecular formula is C30H43F3. The van der Waals surface area contributed by atoms with Crippen molar-refractivity contribution in [1.82, 2.24) is 0 Å². The predicted octanol–water partition coefficient (Wildman–Crippen LogP) is 9.04. The molecule has 1 aromatic carbocycles. The topological polar surface area (TPSA) is 0 Å². The lowest BCUT2D eigenvalue weighted by Gasteiger charge is -2.47. The van der Waals surface area contributed by atoms with E-state index in [1.54, 1.807) is 0 Å². The lowest BCUT2D eigenvalue weighted by Crippen LogP contribution is -2.37. The smallest absolute Gasteiger partial charge is 0.194 e. The van der Waals surface area contributed by atoms with Gasteiger partial charge in [-0.1, -0.05) is 39.0 Å². The van der Waals surface area contributed by atoms with E-state index in [0.29, 0.717) is 23.8 Å². The van der Waals surface area contributed by atoms with Crippen LogP contribution >= 0.6 is 0 Å². The largest absolute Gasteiger partial charge is 0.204 e. The monoisotopic (exact) mass is 460 g/mol. The first-order valence-corrected chi connectivity index (χ1v) is 14.2. The lowest BCUT2D eigenvalue weighted by atomic mass is 9.58. The highest BCUT2D eigenvalue weighted by Gasteiger charge is 2.41. The minimum absolute atomic E-state index is 0.434. The van der Waals surface area contributed by atoms with Gasteiger partial charge < -0.3 is 0 Å². The number of hydrogen-bond donors (Lipinski definition) is 0. The second kappa shape index (κ2) is 10.3. The summed E-state index contributed by atoms with van der Waals surface area (Å²) in [6.45, 7) is 2.31. The van der Waals surface area contributed by atoms with E-state index < -0.39 is 17.5 Å². The second-order valence-corrected chi connectivity index (χ2v) is 12.2. The standard InChI is InChI=1S/C30H43F3/c1-2-3-4-19-5-7-20(8-6-19)21-9-10-23-16-24(12-11-22(23)15-21)25-13-14-27-26(17-25)18-28(31)30(33)29(27)32/h18-25H,2-17H2,1H3. The Hall–Kier alpha value is -0.990. The van der Waals surface area contributed by atoms with Crippen molar-refractivity contribution < 1.29 is 13.2 Å².